The van der Waals surface area contributed by atoms with Crippen LogP contribution in [-0.4, -0.2) is 26.2 Å². The number of hydrogen-bond acceptors (Lipinski definition) is 5. The summed E-state index contributed by atoms with van der Waals surface area (Å²) in [6, 6.07) is 0. The average Bonchev–Trinajstić information content (AvgIpc) is 2.78. The molecule has 5 rings (SSSR count). The first-order valence-electron chi connectivity index (χ1n) is 7.03. The van der Waals surface area contributed by atoms with Gasteiger partial charge in [-0.15, -0.1) is 10.2 Å². The van der Waals surface area contributed by atoms with Crippen molar-refractivity contribution in [2.75, 3.05) is 0 Å². The number of carboxylic acids is 1. The van der Waals surface area contributed by atoms with Crippen LogP contribution >= 0.6 is 0 Å². The van der Waals surface area contributed by atoms with Crippen molar-refractivity contribution in [3.05, 3.63) is 6.33 Å². The highest BCUT2D eigenvalue weighted by molar-refractivity contribution is 5.65. The van der Waals surface area contributed by atoms with Crippen molar-refractivity contribution >= 4 is 5.97 Å². The maximum Gasteiger partial charge on any atom is 0.162 e. The highest BCUT2D eigenvalue weighted by atomic mass is 16.4. The van der Waals surface area contributed by atoms with Gasteiger partial charge in [-0.2, -0.15) is 4.80 Å². The molecule has 6 nitrogen and oxygen atoms in total. The molecule has 2 unspecified atom stereocenters. The Morgan fingerprint density at radius 3 is 2.63 bits per heavy atom. The van der Waals surface area contributed by atoms with Crippen LogP contribution in [0.1, 0.15) is 44.9 Å². The molecular weight excluding hydrogens is 244 g/mol. The van der Waals surface area contributed by atoms with Gasteiger partial charge in [-0.05, 0) is 67.4 Å². The van der Waals surface area contributed by atoms with Crippen LogP contribution in [0.3, 0.4) is 0 Å². The standard InChI is InChI=1S/C13H18N4O2/c18-11(19)6-12-2-9-1-10(3-12)5-13(4-9,7-12)17-15-8-14-16-17/h8-10H,1-7H2,(H,18,19)/p-1. The molecule has 102 valence electrons. The number of rotatable bonds is 3. The number of carbonyl (C=O) groups is 1. The van der Waals surface area contributed by atoms with Crippen molar-refractivity contribution in [1.29, 1.82) is 0 Å². The summed E-state index contributed by atoms with van der Waals surface area (Å²) in [6.07, 6.45) is 8.01. The summed E-state index contributed by atoms with van der Waals surface area (Å²) in [5, 5.41) is 23.3. The number of carboxylic acid groups (broad SMARTS) is 1. The zero-order valence-corrected chi connectivity index (χ0v) is 10.8. The van der Waals surface area contributed by atoms with Crippen molar-refractivity contribution in [3.63, 3.8) is 0 Å². The van der Waals surface area contributed by atoms with Crippen LogP contribution in [0.5, 0.6) is 0 Å². The highest BCUT2D eigenvalue weighted by Crippen LogP contribution is 2.64. The second kappa shape index (κ2) is 3.55. The molecule has 4 bridgehead atoms. The van der Waals surface area contributed by atoms with E-state index in [1.54, 1.807) is 4.80 Å². The molecule has 0 spiro atoms. The minimum atomic E-state index is -0.913. The molecule has 4 saturated carbocycles. The smallest absolute Gasteiger partial charge is 0.162 e. The largest absolute Gasteiger partial charge is 0.550 e. The molecule has 4 fully saturated rings. The highest BCUT2D eigenvalue weighted by Gasteiger charge is 2.59. The Balaban J connectivity index is 1.74. The summed E-state index contributed by atoms with van der Waals surface area (Å²) in [7, 11) is 0. The van der Waals surface area contributed by atoms with E-state index in [0.29, 0.717) is 11.8 Å². The monoisotopic (exact) mass is 261 g/mol. The van der Waals surface area contributed by atoms with Gasteiger partial charge in [0.15, 0.2) is 6.33 Å². The number of aliphatic carboxylic acids is 1. The fourth-order valence-corrected chi connectivity index (χ4v) is 5.53. The summed E-state index contributed by atoms with van der Waals surface area (Å²) in [4.78, 5) is 12.9. The summed E-state index contributed by atoms with van der Waals surface area (Å²) in [5.41, 5.74) is -0.174. The second-order valence-corrected chi connectivity index (χ2v) is 6.96. The molecule has 19 heavy (non-hydrogen) atoms. The summed E-state index contributed by atoms with van der Waals surface area (Å²) < 4.78 is 0. The number of aromatic nitrogens is 4. The molecule has 0 aromatic carbocycles. The van der Waals surface area contributed by atoms with Crippen molar-refractivity contribution < 1.29 is 9.90 Å². The van der Waals surface area contributed by atoms with Gasteiger partial charge in [-0.3, -0.25) is 0 Å². The molecule has 0 radical (unpaired) electrons. The topological polar surface area (TPSA) is 83.7 Å². The molecule has 4 aliphatic rings. The Bertz CT molecular complexity index is 499. The van der Waals surface area contributed by atoms with Crippen molar-refractivity contribution in [2.45, 2.75) is 50.5 Å². The molecule has 2 atom stereocenters. The Kier molecular flexibility index (Phi) is 2.13. The first-order chi connectivity index (χ1) is 9.09. The summed E-state index contributed by atoms with van der Waals surface area (Å²) >= 11 is 0. The minimum absolute atomic E-state index is 0.0868. The van der Waals surface area contributed by atoms with E-state index < -0.39 is 5.97 Å². The molecule has 6 heteroatoms. The van der Waals surface area contributed by atoms with Crippen LogP contribution < -0.4 is 5.11 Å². The lowest BCUT2D eigenvalue weighted by Crippen LogP contribution is -2.58. The maximum absolute atomic E-state index is 11.1. The van der Waals surface area contributed by atoms with Crippen LogP contribution in [0.2, 0.25) is 0 Å². The van der Waals surface area contributed by atoms with Crippen LogP contribution in [0.4, 0.5) is 0 Å². The number of tetrazole rings is 1. The lowest BCUT2D eigenvalue weighted by molar-refractivity contribution is -0.310. The van der Waals surface area contributed by atoms with Crippen molar-refractivity contribution in [2.24, 2.45) is 17.3 Å². The molecule has 1 aromatic rings. The zero-order valence-electron chi connectivity index (χ0n) is 10.8. The molecule has 0 N–H and O–H groups in total. The van der Waals surface area contributed by atoms with E-state index in [9.17, 15) is 9.90 Å². The SMILES string of the molecule is O=C([O-])CC12CC3CC(C1)CC(n1ncnn1)(C3)C2. The third-order valence-corrected chi connectivity index (χ3v) is 5.44. The number of hydrogen-bond donors (Lipinski definition) is 0. The van der Waals surface area contributed by atoms with Crippen LogP contribution in [-0.2, 0) is 10.3 Å². The molecule has 1 heterocycles. The lowest BCUT2D eigenvalue weighted by atomic mass is 9.46. The third kappa shape index (κ3) is 1.61. The Labute approximate surface area is 111 Å². The van der Waals surface area contributed by atoms with Crippen molar-refractivity contribution in [3.8, 4) is 0 Å². The first-order valence-corrected chi connectivity index (χ1v) is 7.03. The number of carbonyl (C=O) groups excluding carboxylic acids is 1. The predicted molar refractivity (Wildman–Crippen MR) is 62.5 cm³/mol. The molecule has 0 aliphatic heterocycles. The Morgan fingerprint density at radius 1 is 1.32 bits per heavy atom. The molecule has 1 aromatic heterocycles. The zero-order chi connectivity index (χ0) is 13.1. The van der Waals surface area contributed by atoms with Crippen LogP contribution in [0.25, 0.3) is 0 Å². The predicted octanol–water partition coefficient (Wildman–Crippen LogP) is 0.109. The Morgan fingerprint density at radius 2 is 2.05 bits per heavy atom. The van der Waals surface area contributed by atoms with E-state index in [0.717, 1.165) is 32.1 Å². The van der Waals surface area contributed by atoms with Gasteiger partial charge in [0.05, 0.1) is 5.54 Å². The van der Waals surface area contributed by atoms with E-state index in [2.05, 4.69) is 15.4 Å². The average molecular weight is 261 g/mol. The van der Waals surface area contributed by atoms with E-state index in [1.165, 1.54) is 12.7 Å². The number of nitrogens with zero attached hydrogens (tertiary/aromatic N) is 4. The first kappa shape index (κ1) is 11.4. The van der Waals surface area contributed by atoms with E-state index in [4.69, 9.17) is 0 Å². The van der Waals surface area contributed by atoms with Gasteiger partial charge < -0.3 is 9.90 Å². The lowest BCUT2D eigenvalue weighted by Gasteiger charge is -2.61. The maximum atomic E-state index is 11.1. The van der Waals surface area contributed by atoms with Gasteiger partial charge in [0.2, 0.25) is 0 Å². The fourth-order valence-electron chi connectivity index (χ4n) is 5.53. The van der Waals surface area contributed by atoms with Gasteiger partial charge in [0.1, 0.15) is 0 Å². The minimum Gasteiger partial charge on any atom is -0.550 e. The summed E-state index contributed by atoms with van der Waals surface area (Å²) in [6.45, 7) is 0. The summed E-state index contributed by atoms with van der Waals surface area (Å²) in [5.74, 6) is 0.321. The third-order valence-electron chi connectivity index (χ3n) is 5.44. The van der Waals surface area contributed by atoms with E-state index in [-0.39, 0.29) is 17.4 Å². The fraction of sp³-hybridized carbons (Fsp3) is 0.846. The van der Waals surface area contributed by atoms with Crippen molar-refractivity contribution in [1.82, 2.24) is 20.2 Å². The van der Waals surface area contributed by atoms with Gasteiger partial charge in [-0.1, -0.05) is 0 Å². The van der Waals surface area contributed by atoms with Gasteiger partial charge >= 0.3 is 0 Å². The van der Waals surface area contributed by atoms with Gasteiger partial charge in [-0.25, -0.2) is 0 Å². The van der Waals surface area contributed by atoms with Gasteiger partial charge in [0, 0.05) is 5.97 Å². The van der Waals surface area contributed by atoms with Gasteiger partial charge in [0.25, 0.3) is 0 Å². The van der Waals surface area contributed by atoms with E-state index >= 15 is 0 Å². The Hall–Kier alpha value is -1.46. The molecule has 4 aliphatic carbocycles. The normalized spacial score (nSPS) is 43.6. The molecular formula is C13H17N4O2-. The molecule has 0 saturated heterocycles. The molecule has 0 amide bonds. The quantitative estimate of drug-likeness (QED) is 0.771. The second-order valence-electron chi connectivity index (χ2n) is 6.96. The van der Waals surface area contributed by atoms with E-state index in [1.807, 2.05) is 0 Å². The van der Waals surface area contributed by atoms with Crippen LogP contribution in [0, 0.1) is 17.3 Å². The van der Waals surface area contributed by atoms with Crippen LogP contribution in [0.15, 0.2) is 6.33 Å².